The molecule has 156 valence electrons. The number of halogens is 1. The summed E-state index contributed by atoms with van der Waals surface area (Å²) >= 11 is 0. The van der Waals surface area contributed by atoms with Crippen LogP contribution in [-0.2, 0) is 11.3 Å². The van der Waals surface area contributed by atoms with Crippen LogP contribution in [0.15, 0.2) is 41.9 Å². The van der Waals surface area contributed by atoms with E-state index in [2.05, 4.69) is 20.5 Å². The lowest BCUT2D eigenvalue weighted by Gasteiger charge is -2.34. The second-order valence-corrected chi connectivity index (χ2v) is 7.23. The fourth-order valence-electron chi connectivity index (χ4n) is 3.56. The molecule has 0 radical (unpaired) electrons. The summed E-state index contributed by atoms with van der Waals surface area (Å²) in [7, 11) is 1.68. The molecule has 7 nitrogen and oxygen atoms in total. The van der Waals surface area contributed by atoms with E-state index in [1.165, 1.54) is 6.07 Å². The third kappa shape index (κ3) is 5.56. The van der Waals surface area contributed by atoms with E-state index in [1.54, 1.807) is 36.4 Å². The smallest absolute Gasteiger partial charge is 0.220 e. The number of piperidine rings is 1. The van der Waals surface area contributed by atoms with Crippen LogP contribution in [0.2, 0.25) is 0 Å². The molecule has 0 bridgehead atoms. The molecule has 3 rings (SSSR count). The van der Waals surface area contributed by atoms with Crippen LogP contribution in [0.1, 0.15) is 31.7 Å². The minimum absolute atomic E-state index is 0.102. The normalized spacial score (nSPS) is 15.4. The van der Waals surface area contributed by atoms with Crippen molar-refractivity contribution in [2.24, 2.45) is 10.9 Å². The molecule has 0 unspecified atom stereocenters. The van der Waals surface area contributed by atoms with E-state index >= 15 is 0 Å². The standard InChI is InChI=1S/C21H29FN6O/c1-3-25-21(27-9-6-16(7-10-27)13-20(29)23-2)26-14-17-4-5-19(18(22)12-17)28-11-8-24-15-28/h4-5,8,11-12,15-16H,3,6-7,9-10,13-14H2,1-2H3,(H,23,29)(H,25,26). The average molecular weight is 401 g/mol. The van der Waals surface area contributed by atoms with E-state index in [-0.39, 0.29) is 11.7 Å². The summed E-state index contributed by atoms with van der Waals surface area (Å²) in [6.07, 6.45) is 7.43. The van der Waals surface area contributed by atoms with Crippen LogP contribution in [0.3, 0.4) is 0 Å². The van der Waals surface area contributed by atoms with E-state index in [4.69, 9.17) is 4.99 Å². The van der Waals surface area contributed by atoms with Crippen LogP contribution in [0.5, 0.6) is 0 Å². The lowest BCUT2D eigenvalue weighted by Crippen LogP contribution is -2.46. The van der Waals surface area contributed by atoms with E-state index in [0.29, 0.717) is 24.6 Å². The fraction of sp³-hybridized carbons (Fsp3) is 0.476. The van der Waals surface area contributed by atoms with Gasteiger partial charge in [-0.1, -0.05) is 6.07 Å². The van der Waals surface area contributed by atoms with E-state index in [0.717, 1.165) is 44.0 Å². The first kappa shape index (κ1) is 20.8. The number of carbonyl (C=O) groups excluding carboxylic acids is 1. The molecule has 1 amide bonds. The molecule has 1 saturated heterocycles. The minimum Gasteiger partial charge on any atom is -0.359 e. The summed E-state index contributed by atoms with van der Waals surface area (Å²) in [6, 6.07) is 5.16. The molecule has 0 atom stereocenters. The molecule has 1 fully saturated rings. The van der Waals surface area contributed by atoms with Gasteiger partial charge in [0.25, 0.3) is 0 Å². The van der Waals surface area contributed by atoms with Gasteiger partial charge >= 0.3 is 0 Å². The first-order chi connectivity index (χ1) is 14.1. The number of aliphatic imine (C=N–C) groups is 1. The molecule has 29 heavy (non-hydrogen) atoms. The zero-order chi connectivity index (χ0) is 20.6. The molecule has 2 N–H and O–H groups in total. The number of carbonyl (C=O) groups is 1. The van der Waals surface area contributed by atoms with E-state index in [1.807, 2.05) is 13.0 Å². The highest BCUT2D eigenvalue weighted by molar-refractivity contribution is 5.80. The molecular weight excluding hydrogens is 371 g/mol. The lowest BCUT2D eigenvalue weighted by molar-refractivity contribution is -0.121. The van der Waals surface area contributed by atoms with Crippen molar-refractivity contribution < 1.29 is 9.18 Å². The third-order valence-electron chi connectivity index (χ3n) is 5.21. The SMILES string of the molecule is CCNC(=NCc1ccc(-n2ccnc2)c(F)c1)N1CCC(CC(=O)NC)CC1. The molecule has 0 spiro atoms. The van der Waals surface area contributed by atoms with Crippen LogP contribution in [-0.4, -0.2) is 53.0 Å². The molecule has 0 saturated carbocycles. The fourth-order valence-corrected chi connectivity index (χ4v) is 3.56. The van der Waals surface area contributed by atoms with Gasteiger partial charge in [-0.3, -0.25) is 4.79 Å². The van der Waals surface area contributed by atoms with Gasteiger partial charge in [0.1, 0.15) is 5.82 Å². The number of hydrogen-bond donors (Lipinski definition) is 2. The molecule has 2 aromatic rings. The number of amides is 1. The Morgan fingerprint density at radius 1 is 1.34 bits per heavy atom. The average Bonchev–Trinajstić information content (AvgIpc) is 3.26. The molecule has 1 aromatic carbocycles. The first-order valence-corrected chi connectivity index (χ1v) is 10.1. The van der Waals surface area contributed by atoms with E-state index in [9.17, 15) is 9.18 Å². The quantitative estimate of drug-likeness (QED) is 0.577. The van der Waals surface area contributed by atoms with Crippen molar-refractivity contribution in [1.29, 1.82) is 0 Å². The maximum Gasteiger partial charge on any atom is 0.220 e. The van der Waals surface area contributed by atoms with Gasteiger partial charge in [-0.05, 0) is 43.4 Å². The highest BCUT2D eigenvalue weighted by Crippen LogP contribution is 2.21. The highest BCUT2D eigenvalue weighted by Gasteiger charge is 2.23. The zero-order valence-corrected chi connectivity index (χ0v) is 17.1. The summed E-state index contributed by atoms with van der Waals surface area (Å²) in [5.41, 5.74) is 1.29. The van der Waals surface area contributed by atoms with Crippen molar-refractivity contribution in [3.63, 3.8) is 0 Å². The monoisotopic (exact) mass is 400 g/mol. The summed E-state index contributed by atoms with van der Waals surface area (Å²) in [5, 5.41) is 6.03. The van der Waals surface area contributed by atoms with Crippen molar-refractivity contribution in [3.05, 3.63) is 48.3 Å². The van der Waals surface area contributed by atoms with Crippen LogP contribution in [0.25, 0.3) is 5.69 Å². The number of guanidine groups is 1. The number of benzene rings is 1. The van der Waals surface area contributed by atoms with Gasteiger partial charge < -0.3 is 20.1 Å². The van der Waals surface area contributed by atoms with Crippen molar-refractivity contribution in [2.45, 2.75) is 32.7 Å². The second kappa shape index (κ2) is 10.0. The number of likely N-dealkylation sites (tertiary alicyclic amines) is 1. The Bertz CT molecular complexity index is 828. The number of hydrogen-bond acceptors (Lipinski definition) is 3. The lowest BCUT2D eigenvalue weighted by atomic mass is 9.93. The molecule has 0 aliphatic carbocycles. The molecule has 1 aliphatic rings. The Morgan fingerprint density at radius 2 is 2.14 bits per heavy atom. The van der Waals surface area contributed by atoms with Crippen LogP contribution in [0, 0.1) is 11.7 Å². The second-order valence-electron chi connectivity index (χ2n) is 7.23. The van der Waals surface area contributed by atoms with Gasteiger partial charge in [0.05, 0.1) is 18.6 Å². The molecular formula is C21H29FN6O. The Kier molecular flexibility index (Phi) is 7.21. The van der Waals surface area contributed by atoms with Crippen LogP contribution >= 0.6 is 0 Å². The predicted molar refractivity (Wildman–Crippen MR) is 111 cm³/mol. The Morgan fingerprint density at radius 3 is 2.76 bits per heavy atom. The van der Waals surface area contributed by atoms with Gasteiger partial charge in [0, 0.05) is 45.5 Å². The first-order valence-electron chi connectivity index (χ1n) is 10.1. The van der Waals surface area contributed by atoms with Gasteiger partial charge in [-0.15, -0.1) is 0 Å². The molecule has 8 heteroatoms. The predicted octanol–water partition coefficient (Wildman–Crippen LogP) is 2.33. The van der Waals surface area contributed by atoms with Gasteiger partial charge in [0.15, 0.2) is 5.96 Å². The summed E-state index contributed by atoms with van der Waals surface area (Å²) in [6.45, 7) is 4.93. The van der Waals surface area contributed by atoms with Crippen LogP contribution in [0.4, 0.5) is 4.39 Å². The number of nitrogens with zero attached hydrogens (tertiary/aromatic N) is 4. The maximum absolute atomic E-state index is 14.5. The number of imidazole rings is 1. The highest BCUT2D eigenvalue weighted by atomic mass is 19.1. The van der Waals surface area contributed by atoms with Gasteiger partial charge in [-0.25, -0.2) is 14.4 Å². The molecule has 1 aromatic heterocycles. The summed E-state index contributed by atoms with van der Waals surface area (Å²) < 4.78 is 16.1. The number of aromatic nitrogens is 2. The number of rotatable bonds is 6. The molecule has 1 aliphatic heterocycles. The summed E-state index contributed by atoms with van der Waals surface area (Å²) in [4.78, 5) is 22.5. The zero-order valence-electron chi connectivity index (χ0n) is 17.1. The third-order valence-corrected chi connectivity index (χ3v) is 5.21. The minimum atomic E-state index is -0.296. The van der Waals surface area contributed by atoms with Crippen molar-refractivity contribution in [1.82, 2.24) is 25.1 Å². The summed E-state index contributed by atoms with van der Waals surface area (Å²) in [5.74, 6) is 1.06. The van der Waals surface area contributed by atoms with Gasteiger partial charge in [0.2, 0.25) is 5.91 Å². The maximum atomic E-state index is 14.5. The topological polar surface area (TPSA) is 74.5 Å². The number of nitrogens with one attached hydrogen (secondary N) is 2. The Balaban J connectivity index is 1.62. The van der Waals surface area contributed by atoms with Crippen molar-refractivity contribution >= 4 is 11.9 Å². The van der Waals surface area contributed by atoms with Gasteiger partial charge in [-0.2, -0.15) is 0 Å². The van der Waals surface area contributed by atoms with Crippen LogP contribution < -0.4 is 10.6 Å². The Hall–Kier alpha value is -2.90. The molecule has 2 heterocycles. The van der Waals surface area contributed by atoms with Crippen molar-refractivity contribution in [2.75, 3.05) is 26.7 Å². The largest absolute Gasteiger partial charge is 0.359 e. The van der Waals surface area contributed by atoms with Crippen molar-refractivity contribution in [3.8, 4) is 5.69 Å². The van der Waals surface area contributed by atoms with E-state index < -0.39 is 0 Å². The Labute approximate surface area is 171 Å².